The molecule has 2 rings (SSSR count). The lowest BCUT2D eigenvalue weighted by atomic mass is 10.1. The van der Waals surface area contributed by atoms with Crippen molar-refractivity contribution in [2.45, 2.75) is 30.8 Å². The highest BCUT2D eigenvalue weighted by Crippen LogP contribution is 2.19. The van der Waals surface area contributed by atoms with Crippen LogP contribution in [0.2, 0.25) is 0 Å². The van der Waals surface area contributed by atoms with Crippen molar-refractivity contribution in [3.05, 3.63) is 59.9 Å². The molecule has 6 heteroatoms. The Morgan fingerprint density at radius 3 is 2.43 bits per heavy atom. The van der Waals surface area contributed by atoms with Crippen molar-refractivity contribution in [3.63, 3.8) is 0 Å². The van der Waals surface area contributed by atoms with Gasteiger partial charge in [0.15, 0.2) is 0 Å². The van der Waals surface area contributed by atoms with Crippen LogP contribution in [0.3, 0.4) is 0 Å². The van der Waals surface area contributed by atoms with E-state index >= 15 is 0 Å². The third-order valence-electron chi connectivity index (χ3n) is 3.22. The summed E-state index contributed by atoms with van der Waals surface area (Å²) in [5, 5.41) is 0. The molecule has 0 bridgehead atoms. The third-order valence-corrected chi connectivity index (χ3v) is 4.68. The molecular weight excluding hydrogens is 286 g/mol. The summed E-state index contributed by atoms with van der Waals surface area (Å²) in [4.78, 5) is 4.17. The van der Waals surface area contributed by atoms with Gasteiger partial charge in [-0.2, -0.15) is 0 Å². The average Bonchev–Trinajstić information content (AvgIpc) is 2.53. The molecule has 0 aliphatic heterocycles. The van der Waals surface area contributed by atoms with E-state index in [9.17, 15) is 8.42 Å². The second-order valence-corrected chi connectivity index (χ2v) is 6.40. The van der Waals surface area contributed by atoms with Crippen LogP contribution in [0.1, 0.15) is 30.6 Å². The first-order valence-electron chi connectivity index (χ1n) is 6.79. The van der Waals surface area contributed by atoms with Crippen molar-refractivity contribution in [2.75, 3.05) is 0 Å². The van der Waals surface area contributed by atoms with E-state index in [-0.39, 0.29) is 17.5 Å². The first-order chi connectivity index (χ1) is 10.1. The van der Waals surface area contributed by atoms with Crippen molar-refractivity contribution >= 4 is 10.0 Å². The quantitative estimate of drug-likeness (QED) is 0.854. The van der Waals surface area contributed by atoms with E-state index in [1.807, 2.05) is 37.3 Å². The van der Waals surface area contributed by atoms with E-state index in [1.165, 1.54) is 12.3 Å². The van der Waals surface area contributed by atoms with Crippen molar-refractivity contribution < 1.29 is 8.42 Å². The van der Waals surface area contributed by atoms with Crippen LogP contribution in [0.5, 0.6) is 0 Å². The molecule has 0 spiro atoms. The number of nitrogens with one attached hydrogen (secondary N) is 1. The maximum Gasteiger partial charge on any atom is 0.242 e. The van der Waals surface area contributed by atoms with Crippen molar-refractivity contribution in [1.29, 1.82) is 0 Å². The minimum atomic E-state index is -3.60. The lowest BCUT2D eigenvalue weighted by molar-refractivity contribution is 0.549. The molecule has 0 aliphatic rings. The van der Waals surface area contributed by atoms with Crippen molar-refractivity contribution in [3.8, 4) is 0 Å². The molecule has 0 radical (unpaired) electrons. The molecule has 1 atom stereocenters. The van der Waals surface area contributed by atoms with Gasteiger partial charge in [0.1, 0.15) is 4.90 Å². The summed E-state index contributed by atoms with van der Waals surface area (Å²) in [5.74, 6) is 0. The number of nitrogens with two attached hydrogens (primary N) is 1. The Labute approximate surface area is 125 Å². The Morgan fingerprint density at radius 2 is 1.90 bits per heavy atom. The molecule has 112 valence electrons. The number of nitrogens with zero attached hydrogens (tertiary/aromatic N) is 1. The molecule has 1 unspecified atom stereocenters. The molecule has 0 aliphatic carbocycles. The van der Waals surface area contributed by atoms with Crippen molar-refractivity contribution in [1.82, 2.24) is 9.71 Å². The zero-order valence-electron chi connectivity index (χ0n) is 11.9. The number of aromatic nitrogens is 1. The summed E-state index contributed by atoms with van der Waals surface area (Å²) in [7, 11) is -3.60. The smallest absolute Gasteiger partial charge is 0.242 e. The van der Waals surface area contributed by atoms with Gasteiger partial charge < -0.3 is 5.73 Å². The van der Waals surface area contributed by atoms with Gasteiger partial charge in [-0.25, -0.2) is 13.1 Å². The fourth-order valence-electron chi connectivity index (χ4n) is 2.02. The van der Waals surface area contributed by atoms with Gasteiger partial charge in [0.25, 0.3) is 0 Å². The first kappa shape index (κ1) is 15.6. The van der Waals surface area contributed by atoms with Crippen LogP contribution < -0.4 is 10.5 Å². The summed E-state index contributed by atoms with van der Waals surface area (Å²) >= 11 is 0. The van der Waals surface area contributed by atoms with Gasteiger partial charge in [0, 0.05) is 18.8 Å². The molecular formula is C15H19N3O2S. The Hall–Kier alpha value is -1.76. The SMILES string of the molecule is CCC(NS(=O)(=O)c1ccc(CN)nc1)c1ccccc1. The number of benzene rings is 1. The van der Waals surface area contributed by atoms with Crippen LogP contribution in [0, 0.1) is 0 Å². The van der Waals surface area contributed by atoms with Gasteiger partial charge in [-0.15, -0.1) is 0 Å². The van der Waals surface area contributed by atoms with Gasteiger partial charge in [-0.1, -0.05) is 37.3 Å². The number of rotatable bonds is 6. The first-order valence-corrected chi connectivity index (χ1v) is 8.27. The topological polar surface area (TPSA) is 85.1 Å². The summed E-state index contributed by atoms with van der Waals surface area (Å²) in [6.45, 7) is 2.23. The van der Waals surface area contributed by atoms with Crippen LogP contribution in [-0.4, -0.2) is 13.4 Å². The lowest BCUT2D eigenvalue weighted by Crippen LogP contribution is -2.28. The fourth-order valence-corrected chi connectivity index (χ4v) is 3.27. The standard InChI is InChI=1S/C15H19N3O2S/c1-2-15(12-6-4-3-5-7-12)18-21(19,20)14-9-8-13(10-16)17-11-14/h3-9,11,15,18H,2,10,16H2,1H3. The molecule has 0 saturated carbocycles. The Kier molecular flexibility index (Phi) is 5.06. The van der Waals surface area contributed by atoms with Crippen LogP contribution in [0.15, 0.2) is 53.6 Å². The number of sulfonamides is 1. The van der Waals surface area contributed by atoms with Gasteiger partial charge in [-0.05, 0) is 24.1 Å². The Morgan fingerprint density at radius 1 is 1.19 bits per heavy atom. The van der Waals surface area contributed by atoms with E-state index in [4.69, 9.17) is 5.73 Å². The predicted octanol–water partition coefficient (Wildman–Crippen LogP) is 1.97. The molecule has 1 aromatic carbocycles. The predicted molar refractivity (Wildman–Crippen MR) is 81.9 cm³/mol. The molecule has 21 heavy (non-hydrogen) atoms. The monoisotopic (exact) mass is 305 g/mol. The summed E-state index contributed by atoms with van der Waals surface area (Å²) < 4.78 is 27.5. The van der Waals surface area contributed by atoms with E-state index in [1.54, 1.807) is 6.07 Å². The maximum absolute atomic E-state index is 12.4. The van der Waals surface area contributed by atoms with Gasteiger partial charge in [0.2, 0.25) is 10.0 Å². The molecule has 0 fully saturated rings. The second-order valence-electron chi connectivity index (χ2n) is 4.68. The normalized spacial score (nSPS) is 13.0. The number of hydrogen-bond donors (Lipinski definition) is 2. The van der Waals surface area contributed by atoms with Gasteiger partial charge in [-0.3, -0.25) is 4.98 Å². The maximum atomic E-state index is 12.4. The minimum Gasteiger partial charge on any atom is -0.325 e. The second kappa shape index (κ2) is 6.80. The Balaban J connectivity index is 2.22. The van der Waals surface area contributed by atoms with E-state index in [0.29, 0.717) is 12.1 Å². The highest BCUT2D eigenvalue weighted by atomic mass is 32.2. The molecule has 0 amide bonds. The summed E-state index contributed by atoms with van der Waals surface area (Å²) in [6.07, 6.45) is 2.00. The third kappa shape index (κ3) is 3.87. The average molecular weight is 305 g/mol. The minimum absolute atomic E-state index is 0.147. The van der Waals surface area contributed by atoms with Gasteiger partial charge in [0.05, 0.1) is 5.69 Å². The number of hydrogen-bond acceptors (Lipinski definition) is 4. The molecule has 1 heterocycles. The lowest BCUT2D eigenvalue weighted by Gasteiger charge is -2.17. The highest BCUT2D eigenvalue weighted by molar-refractivity contribution is 7.89. The molecule has 5 nitrogen and oxygen atoms in total. The van der Waals surface area contributed by atoms with Crippen LogP contribution in [0.4, 0.5) is 0 Å². The largest absolute Gasteiger partial charge is 0.325 e. The molecule has 1 aromatic heterocycles. The Bertz CT molecular complexity index is 670. The zero-order chi connectivity index (χ0) is 15.3. The van der Waals surface area contributed by atoms with E-state index in [0.717, 1.165) is 5.56 Å². The van der Waals surface area contributed by atoms with Crippen LogP contribution in [0.25, 0.3) is 0 Å². The summed E-state index contributed by atoms with van der Waals surface area (Å²) in [6, 6.07) is 12.4. The highest BCUT2D eigenvalue weighted by Gasteiger charge is 2.20. The zero-order valence-corrected chi connectivity index (χ0v) is 12.7. The van der Waals surface area contributed by atoms with Gasteiger partial charge >= 0.3 is 0 Å². The van der Waals surface area contributed by atoms with Crippen molar-refractivity contribution in [2.24, 2.45) is 5.73 Å². The molecule has 2 aromatic rings. The molecule has 0 saturated heterocycles. The fraction of sp³-hybridized carbons (Fsp3) is 0.267. The van der Waals surface area contributed by atoms with E-state index in [2.05, 4.69) is 9.71 Å². The molecule has 3 N–H and O–H groups in total. The number of pyridine rings is 1. The van der Waals surface area contributed by atoms with Crippen LogP contribution >= 0.6 is 0 Å². The van der Waals surface area contributed by atoms with E-state index < -0.39 is 10.0 Å². The summed E-state index contributed by atoms with van der Waals surface area (Å²) in [5.41, 5.74) is 7.06. The van der Waals surface area contributed by atoms with Crippen LogP contribution in [-0.2, 0) is 16.6 Å².